The fraction of sp³-hybridized carbons (Fsp3) is 0.500. The summed E-state index contributed by atoms with van der Waals surface area (Å²) in [6, 6.07) is 5.58. The molecule has 1 aliphatic rings. The SMILES string of the molecule is O=[N+]([O-])c1ccc(N[C@H]2O[C@@H](CO)C[C@@H](O)[C@@H]2O)cc1. The van der Waals surface area contributed by atoms with Gasteiger partial charge in [-0.2, -0.15) is 0 Å². The van der Waals surface area contributed by atoms with Crippen molar-refractivity contribution in [3.05, 3.63) is 34.4 Å². The molecule has 4 N–H and O–H groups in total. The third-order valence-corrected chi connectivity index (χ3v) is 3.14. The van der Waals surface area contributed by atoms with E-state index in [0.29, 0.717) is 5.69 Å². The first-order valence-electron chi connectivity index (χ1n) is 6.14. The Labute approximate surface area is 114 Å². The zero-order valence-corrected chi connectivity index (χ0v) is 10.5. The van der Waals surface area contributed by atoms with Crippen molar-refractivity contribution in [2.24, 2.45) is 0 Å². The van der Waals surface area contributed by atoms with E-state index in [2.05, 4.69) is 5.32 Å². The summed E-state index contributed by atoms with van der Waals surface area (Å²) in [5.41, 5.74) is 0.458. The van der Waals surface area contributed by atoms with Crippen LogP contribution in [0.5, 0.6) is 0 Å². The molecule has 1 heterocycles. The molecule has 1 aliphatic heterocycles. The van der Waals surface area contributed by atoms with Gasteiger partial charge in [-0.25, -0.2) is 0 Å². The number of hydrogen-bond donors (Lipinski definition) is 4. The Kier molecular flexibility index (Phi) is 4.50. The van der Waals surface area contributed by atoms with Gasteiger partial charge in [0.25, 0.3) is 5.69 Å². The van der Waals surface area contributed by atoms with Crippen LogP contribution in [0.3, 0.4) is 0 Å². The highest BCUT2D eigenvalue weighted by atomic mass is 16.6. The summed E-state index contributed by atoms with van der Waals surface area (Å²) in [6.45, 7) is -0.262. The standard InChI is InChI=1S/C12H16N2O6/c15-6-9-5-10(16)11(17)12(20-9)13-7-1-3-8(4-2-7)14(18)19/h1-4,9-13,15-17H,5-6H2/t9-,10-,11+,12+/m1/s1. The largest absolute Gasteiger partial charge is 0.394 e. The molecule has 1 aromatic carbocycles. The van der Waals surface area contributed by atoms with Crippen molar-refractivity contribution in [2.45, 2.75) is 31.0 Å². The van der Waals surface area contributed by atoms with Gasteiger partial charge >= 0.3 is 0 Å². The third kappa shape index (κ3) is 3.23. The number of nitro benzene ring substituents is 1. The van der Waals surface area contributed by atoms with E-state index < -0.39 is 29.5 Å². The number of benzene rings is 1. The number of hydrogen-bond acceptors (Lipinski definition) is 7. The molecule has 1 saturated heterocycles. The first-order chi connectivity index (χ1) is 9.51. The molecule has 0 radical (unpaired) electrons. The second-order valence-electron chi connectivity index (χ2n) is 4.60. The minimum absolute atomic E-state index is 0.0473. The van der Waals surface area contributed by atoms with Gasteiger partial charge in [-0.15, -0.1) is 0 Å². The Morgan fingerprint density at radius 2 is 2.00 bits per heavy atom. The van der Waals surface area contributed by atoms with Crippen LogP contribution in [0.1, 0.15) is 6.42 Å². The number of nitro groups is 1. The summed E-state index contributed by atoms with van der Waals surface area (Å²) in [7, 11) is 0. The van der Waals surface area contributed by atoms with Crippen LogP contribution in [0.15, 0.2) is 24.3 Å². The summed E-state index contributed by atoms with van der Waals surface area (Å²) in [5.74, 6) is 0. The molecule has 8 nitrogen and oxygen atoms in total. The molecular weight excluding hydrogens is 268 g/mol. The molecule has 4 atom stereocenters. The minimum Gasteiger partial charge on any atom is -0.394 e. The van der Waals surface area contributed by atoms with Crippen LogP contribution in [0.25, 0.3) is 0 Å². The quantitative estimate of drug-likeness (QED) is 0.447. The predicted molar refractivity (Wildman–Crippen MR) is 69.1 cm³/mol. The van der Waals surface area contributed by atoms with Gasteiger partial charge in [-0.1, -0.05) is 0 Å². The number of anilines is 1. The Hall–Kier alpha value is -1.74. The molecule has 0 bridgehead atoms. The maximum absolute atomic E-state index is 10.5. The zero-order chi connectivity index (χ0) is 14.7. The van der Waals surface area contributed by atoms with Gasteiger partial charge in [0.1, 0.15) is 6.10 Å². The Balaban J connectivity index is 2.05. The second kappa shape index (κ2) is 6.14. The summed E-state index contributed by atoms with van der Waals surface area (Å²) >= 11 is 0. The zero-order valence-electron chi connectivity index (χ0n) is 10.5. The van der Waals surface area contributed by atoms with Crippen LogP contribution in [0, 0.1) is 10.1 Å². The molecule has 0 aliphatic carbocycles. The monoisotopic (exact) mass is 284 g/mol. The van der Waals surface area contributed by atoms with Crippen LogP contribution >= 0.6 is 0 Å². The van der Waals surface area contributed by atoms with E-state index in [9.17, 15) is 20.3 Å². The van der Waals surface area contributed by atoms with E-state index in [1.807, 2.05) is 0 Å². The summed E-state index contributed by atoms with van der Waals surface area (Å²) < 4.78 is 5.39. The second-order valence-corrected chi connectivity index (χ2v) is 4.60. The molecule has 110 valence electrons. The molecule has 0 spiro atoms. The molecule has 2 rings (SSSR count). The van der Waals surface area contributed by atoms with Gasteiger partial charge in [0.05, 0.1) is 23.7 Å². The number of aliphatic hydroxyl groups excluding tert-OH is 3. The Morgan fingerprint density at radius 1 is 1.35 bits per heavy atom. The fourth-order valence-corrected chi connectivity index (χ4v) is 2.03. The molecular formula is C12H16N2O6. The number of aliphatic hydroxyl groups is 3. The lowest BCUT2D eigenvalue weighted by Gasteiger charge is -2.37. The van der Waals surface area contributed by atoms with E-state index in [4.69, 9.17) is 9.84 Å². The molecule has 8 heteroatoms. The van der Waals surface area contributed by atoms with E-state index in [0.717, 1.165) is 0 Å². The fourth-order valence-electron chi connectivity index (χ4n) is 2.03. The molecule has 20 heavy (non-hydrogen) atoms. The van der Waals surface area contributed by atoms with Crippen molar-refractivity contribution in [3.8, 4) is 0 Å². The number of nitrogens with one attached hydrogen (secondary N) is 1. The molecule has 0 saturated carbocycles. The van der Waals surface area contributed by atoms with Gasteiger partial charge in [-0.05, 0) is 12.1 Å². The average molecular weight is 284 g/mol. The number of rotatable bonds is 4. The highest BCUT2D eigenvalue weighted by Crippen LogP contribution is 2.23. The number of ether oxygens (including phenoxy) is 1. The maximum Gasteiger partial charge on any atom is 0.269 e. The lowest BCUT2D eigenvalue weighted by Crippen LogP contribution is -2.52. The van der Waals surface area contributed by atoms with Crippen LogP contribution in [0.4, 0.5) is 11.4 Å². The van der Waals surface area contributed by atoms with Crippen molar-refractivity contribution >= 4 is 11.4 Å². The van der Waals surface area contributed by atoms with Crippen molar-refractivity contribution < 1.29 is 25.0 Å². The first-order valence-corrected chi connectivity index (χ1v) is 6.14. The van der Waals surface area contributed by atoms with Gasteiger partial charge < -0.3 is 25.4 Å². The van der Waals surface area contributed by atoms with E-state index in [-0.39, 0.29) is 18.7 Å². The number of nitrogens with zero attached hydrogens (tertiary/aromatic N) is 1. The molecule has 0 amide bonds. The minimum atomic E-state index is -1.15. The summed E-state index contributed by atoms with van der Waals surface area (Å²) in [4.78, 5) is 10.0. The molecule has 1 aromatic rings. The third-order valence-electron chi connectivity index (χ3n) is 3.14. The Bertz CT molecular complexity index is 466. The highest BCUT2D eigenvalue weighted by molar-refractivity contribution is 5.49. The van der Waals surface area contributed by atoms with Gasteiger partial charge in [-0.3, -0.25) is 10.1 Å². The van der Waals surface area contributed by atoms with Crippen LogP contribution in [-0.4, -0.2) is 51.4 Å². The van der Waals surface area contributed by atoms with Gasteiger partial charge in [0.15, 0.2) is 6.23 Å². The van der Waals surface area contributed by atoms with E-state index in [1.165, 1.54) is 24.3 Å². The highest BCUT2D eigenvalue weighted by Gasteiger charge is 2.36. The summed E-state index contributed by atoms with van der Waals surface area (Å²) in [6.07, 6.45) is -3.46. The predicted octanol–water partition coefficient (Wildman–Crippen LogP) is -0.164. The van der Waals surface area contributed by atoms with Crippen molar-refractivity contribution in [3.63, 3.8) is 0 Å². The van der Waals surface area contributed by atoms with Crippen molar-refractivity contribution in [2.75, 3.05) is 11.9 Å². The van der Waals surface area contributed by atoms with Gasteiger partial charge in [0.2, 0.25) is 0 Å². The molecule has 1 fully saturated rings. The van der Waals surface area contributed by atoms with Crippen LogP contribution < -0.4 is 5.32 Å². The smallest absolute Gasteiger partial charge is 0.269 e. The summed E-state index contributed by atoms with van der Waals surface area (Å²) in [5, 5.41) is 41.9. The van der Waals surface area contributed by atoms with E-state index >= 15 is 0 Å². The average Bonchev–Trinajstić information content (AvgIpc) is 2.44. The number of non-ortho nitro benzene ring substituents is 1. The Morgan fingerprint density at radius 3 is 2.55 bits per heavy atom. The van der Waals surface area contributed by atoms with Crippen LogP contribution in [-0.2, 0) is 4.74 Å². The lowest BCUT2D eigenvalue weighted by molar-refractivity contribution is -0.384. The van der Waals surface area contributed by atoms with Gasteiger partial charge in [0, 0.05) is 24.2 Å². The normalized spacial score (nSPS) is 29.9. The topological polar surface area (TPSA) is 125 Å². The van der Waals surface area contributed by atoms with Crippen molar-refractivity contribution in [1.82, 2.24) is 0 Å². The maximum atomic E-state index is 10.5. The first kappa shape index (κ1) is 14.7. The van der Waals surface area contributed by atoms with E-state index in [1.54, 1.807) is 0 Å². The van der Waals surface area contributed by atoms with Crippen molar-refractivity contribution in [1.29, 1.82) is 0 Å². The van der Waals surface area contributed by atoms with Crippen LogP contribution in [0.2, 0.25) is 0 Å². The lowest BCUT2D eigenvalue weighted by atomic mass is 10.0. The molecule has 0 unspecified atom stereocenters. The molecule has 0 aromatic heterocycles.